The van der Waals surface area contributed by atoms with Crippen LogP contribution in [0.2, 0.25) is 0 Å². The van der Waals surface area contributed by atoms with Gasteiger partial charge in [0.15, 0.2) is 0 Å². The lowest BCUT2D eigenvalue weighted by Gasteiger charge is -2.11. The Morgan fingerprint density at radius 3 is 2.79 bits per heavy atom. The molecule has 4 nitrogen and oxygen atoms in total. The van der Waals surface area contributed by atoms with Crippen LogP contribution in [0.15, 0.2) is 30.6 Å². The monoisotopic (exact) mass is 262 g/mol. The number of aliphatic hydroxyl groups is 1. The third-order valence-corrected chi connectivity index (χ3v) is 2.89. The minimum atomic E-state index is -0.810. The van der Waals surface area contributed by atoms with Gasteiger partial charge in [0.1, 0.15) is 12.1 Å². The minimum absolute atomic E-state index is 0.279. The van der Waals surface area contributed by atoms with Crippen LogP contribution in [0.3, 0.4) is 0 Å². The van der Waals surface area contributed by atoms with E-state index in [1.807, 2.05) is 0 Å². The van der Waals surface area contributed by atoms with E-state index in [0.717, 1.165) is 0 Å². The zero-order valence-electron chi connectivity index (χ0n) is 10.8. The molecule has 1 aromatic carbocycles. The molecule has 100 valence electrons. The first-order valence-electron chi connectivity index (χ1n) is 5.89. The molecule has 0 amide bonds. The van der Waals surface area contributed by atoms with Crippen LogP contribution in [-0.4, -0.2) is 22.2 Å². The maximum absolute atomic E-state index is 13.4. The van der Waals surface area contributed by atoms with Crippen LogP contribution in [0.1, 0.15) is 22.9 Å². The molecule has 0 spiro atoms. The Morgan fingerprint density at radius 2 is 2.11 bits per heavy atom. The summed E-state index contributed by atoms with van der Waals surface area (Å²) in [5, 5.41) is 10.1. The molecule has 0 aliphatic heterocycles. The number of rotatable bonds is 4. The molecule has 1 atom stereocenters. The number of benzene rings is 1. The number of hydrogen-bond acceptors (Lipinski definition) is 4. The van der Waals surface area contributed by atoms with E-state index in [2.05, 4.69) is 9.97 Å². The Bertz CT molecular complexity index is 575. The second kappa shape index (κ2) is 5.75. The molecule has 1 heterocycles. The van der Waals surface area contributed by atoms with Gasteiger partial charge in [-0.05, 0) is 24.1 Å². The fraction of sp³-hybridized carbons (Fsp3) is 0.286. The third kappa shape index (κ3) is 3.26. The van der Waals surface area contributed by atoms with Gasteiger partial charge in [0.25, 0.3) is 0 Å². The summed E-state index contributed by atoms with van der Waals surface area (Å²) in [4.78, 5) is 7.94. The topological polar surface area (TPSA) is 55.2 Å². The number of aromatic nitrogens is 2. The minimum Gasteiger partial charge on any atom is -0.481 e. The van der Waals surface area contributed by atoms with Crippen molar-refractivity contribution in [2.75, 3.05) is 7.11 Å². The van der Waals surface area contributed by atoms with E-state index >= 15 is 0 Å². The van der Waals surface area contributed by atoms with Gasteiger partial charge in [-0.2, -0.15) is 0 Å². The van der Waals surface area contributed by atoms with Gasteiger partial charge in [-0.1, -0.05) is 12.1 Å². The van der Waals surface area contributed by atoms with Crippen LogP contribution in [-0.2, 0) is 6.42 Å². The average molecular weight is 262 g/mol. The maximum Gasteiger partial charge on any atom is 0.216 e. The predicted octanol–water partition coefficient (Wildman–Crippen LogP) is 2.21. The van der Waals surface area contributed by atoms with E-state index in [0.29, 0.717) is 22.7 Å². The summed E-state index contributed by atoms with van der Waals surface area (Å²) in [6.07, 6.45) is 0.840. The highest BCUT2D eigenvalue weighted by atomic mass is 19.1. The van der Waals surface area contributed by atoms with E-state index < -0.39 is 6.10 Å². The SMILES string of the molecule is COc1cc(CC(O)c2ccc(C)c(F)c2)ncn1. The Kier molecular flexibility index (Phi) is 4.06. The lowest BCUT2D eigenvalue weighted by atomic mass is 10.0. The highest BCUT2D eigenvalue weighted by Crippen LogP contribution is 2.20. The van der Waals surface area contributed by atoms with Gasteiger partial charge in [-0.25, -0.2) is 14.4 Å². The standard InChI is InChI=1S/C14H15FN2O2/c1-9-3-4-10(5-12(9)15)13(18)6-11-7-14(19-2)17-8-16-11/h3-5,7-8,13,18H,6H2,1-2H3. The van der Waals surface area contributed by atoms with Crippen LogP contribution in [0.25, 0.3) is 0 Å². The third-order valence-electron chi connectivity index (χ3n) is 2.89. The Hall–Kier alpha value is -2.01. The van der Waals surface area contributed by atoms with E-state index in [9.17, 15) is 9.50 Å². The Morgan fingerprint density at radius 1 is 1.32 bits per heavy atom. The van der Waals surface area contributed by atoms with Gasteiger partial charge < -0.3 is 9.84 Å². The Labute approximate surface area is 110 Å². The summed E-state index contributed by atoms with van der Waals surface area (Å²) >= 11 is 0. The summed E-state index contributed by atoms with van der Waals surface area (Å²) in [6, 6.07) is 6.35. The molecule has 5 heteroatoms. The molecule has 2 rings (SSSR count). The van der Waals surface area contributed by atoms with Crippen molar-refractivity contribution in [3.05, 3.63) is 53.2 Å². The number of halogens is 1. The van der Waals surface area contributed by atoms with Gasteiger partial charge in [-0.15, -0.1) is 0 Å². The highest BCUT2D eigenvalue weighted by molar-refractivity contribution is 5.26. The fourth-order valence-corrected chi connectivity index (χ4v) is 1.73. The number of ether oxygens (including phenoxy) is 1. The van der Waals surface area contributed by atoms with Crippen molar-refractivity contribution in [3.63, 3.8) is 0 Å². The second-order valence-corrected chi connectivity index (χ2v) is 4.28. The van der Waals surface area contributed by atoms with Crippen molar-refractivity contribution < 1.29 is 14.2 Å². The van der Waals surface area contributed by atoms with Gasteiger partial charge in [0.05, 0.1) is 18.9 Å². The molecule has 1 unspecified atom stereocenters. The number of methoxy groups -OCH3 is 1. The summed E-state index contributed by atoms with van der Waals surface area (Å²) in [5.41, 5.74) is 1.72. The summed E-state index contributed by atoms with van der Waals surface area (Å²) in [5.74, 6) is 0.115. The Balaban J connectivity index is 2.15. The van der Waals surface area contributed by atoms with E-state index in [1.165, 1.54) is 19.5 Å². The fourth-order valence-electron chi connectivity index (χ4n) is 1.73. The summed E-state index contributed by atoms with van der Waals surface area (Å²) < 4.78 is 18.4. The number of aryl methyl sites for hydroxylation is 1. The van der Waals surface area contributed by atoms with Crippen LogP contribution in [0.5, 0.6) is 5.88 Å². The van der Waals surface area contributed by atoms with E-state index in [1.54, 1.807) is 25.1 Å². The molecule has 1 aromatic heterocycles. The molecular weight excluding hydrogens is 247 g/mol. The van der Waals surface area contributed by atoms with E-state index in [-0.39, 0.29) is 12.2 Å². The van der Waals surface area contributed by atoms with Crippen molar-refractivity contribution in [1.82, 2.24) is 9.97 Å². The first-order chi connectivity index (χ1) is 9.10. The molecule has 0 aliphatic carbocycles. The zero-order chi connectivity index (χ0) is 13.8. The molecule has 1 N–H and O–H groups in total. The molecule has 19 heavy (non-hydrogen) atoms. The normalized spacial score (nSPS) is 12.2. The van der Waals surface area contributed by atoms with E-state index in [4.69, 9.17) is 4.74 Å². The maximum atomic E-state index is 13.4. The molecule has 0 fully saturated rings. The average Bonchev–Trinajstić information content (AvgIpc) is 2.42. The smallest absolute Gasteiger partial charge is 0.216 e. The van der Waals surface area contributed by atoms with Gasteiger partial charge >= 0.3 is 0 Å². The van der Waals surface area contributed by atoms with Crippen LogP contribution in [0, 0.1) is 12.7 Å². The molecule has 0 radical (unpaired) electrons. The molecular formula is C14H15FN2O2. The van der Waals surface area contributed by atoms with Crippen molar-refractivity contribution in [3.8, 4) is 5.88 Å². The number of aliphatic hydroxyl groups excluding tert-OH is 1. The summed E-state index contributed by atoms with van der Waals surface area (Å²) in [7, 11) is 1.51. The van der Waals surface area contributed by atoms with Crippen LogP contribution in [0.4, 0.5) is 4.39 Å². The van der Waals surface area contributed by atoms with Crippen molar-refractivity contribution in [2.45, 2.75) is 19.4 Å². The van der Waals surface area contributed by atoms with Crippen molar-refractivity contribution >= 4 is 0 Å². The first-order valence-corrected chi connectivity index (χ1v) is 5.89. The second-order valence-electron chi connectivity index (χ2n) is 4.28. The first kappa shape index (κ1) is 13.4. The van der Waals surface area contributed by atoms with Crippen LogP contribution >= 0.6 is 0 Å². The van der Waals surface area contributed by atoms with Gasteiger partial charge in [-0.3, -0.25) is 0 Å². The predicted molar refractivity (Wildman–Crippen MR) is 68.4 cm³/mol. The molecule has 0 aliphatic rings. The van der Waals surface area contributed by atoms with Crippen molar-refractivity contribution in [1.29, 1.82) is 0 Å². The quantitative estimate of drug-likeness (QED) is 0.917. The molecule has 0 bridgehead atoms. The van der Waals surface area contributed by atoms with Gasteiger partial charge in [0, 0.05) is 12.5 Å². The zero-order valence-corrected chi connectivity index (χ0v) is 10.8. The van der Waals surface area contributed by atoms with Crippen LogP contribution < -0.4 is 4.74 Å². The molecule has 2 aromatic rings. The van der Waals surface area contributed by atoms with Crippen molar-refractivity contribution in [2.24, 2.45) is 0 Å². The lowest BCUT2D eigenvalue weighted by Crippen LogP contribution is -2.05. The highest BCUT2D eigenvalue weighted by Gasteiger charge is 2.12. The molecule has 0 saturated carbocycles. The number of hydrogen-bond donors (Lipinski definition) is 1. The molecule has 0 saturated heterocycles. The summed E-state index contributed by atoms with van der Waals surface area (Å²) in [6.45, 7) is 1.68. The lowest BCUT2D eigenvalue weighted by molar-refractivity contribution is 0.176. The van der Waals surface area contributed by atoms with Gasteiger partial charge in [0.2, 0.25) is 5.88 Å². The largest absolute Gasteiger partial charge is 0.481 e. The number of nitrogens with zero attached hydrogens (tertiary/aromatic N) is 2.